The summed E-state index contributed by atoms with van der Waals surface area (Å²) in [5.74, 6) is -0.832. The topological polar surface area (TPSA) is 61.4 Å². The van der Waals surface area contributed by atoms with Crippen LogP contribution in [0.4, 0.5) is 10.1 Å². The van der Waals surface area contributed by atoms with Gasteiger partial charge >= 0.3 is 0 Å². The van der Waals surface area contributed by atoms with Gasteiger partial charge in [-0.1, -0.05) is 36.4 Å². The number of rotatable bonds is 4. The highest BCUT2D eigenvalue weighted by Gasteiger charge is 2.29. The summed E-state index contributed by atoms with van der Waals surface area (Å²) in [5, 5.41) is 5.99. The highest BCUT2D eigenvalue weighted by atomic mass is 35.5. The lowest BCUT2D eigenvalue weighted by molar-refractivity contribution is -0.133. The Morgan fingerprint density at radius 2 is 1.97 bits per heavy atom. The maximum Gasteiger partial charge on any atom is 0.229 e. The van der Waals surface area contributed by atoms with E-state index in [-0.39, 0.29) is 41.6 Å². The zero-order valence-corrected chi connectivity index (χ0v) is 17.6. The monoisotopic (exact) mass is 431 g/mol. The molecule has 7 heteroatoms. The summed E-state index contributed by atoms with van der Waals surface area (Å²) < 4.78 is 14.8. The van der Waals surface area contributed by atoms with Gasteiger partial charge < -0.3 is 15.5 Å². The van der Waals surface area contributed by atoms with Gasteiger partial charge in [0.15, 0.2) is 0 Å². The molecule has 1 unspecified atom stereocenters. The highest BCUT2D eigenvalue weighted by molar-refractivity contribution is 5.93. The van der Waals surface area contributed by atoms with Crippen molar-refractivity contribution in [2.75, 3.05) is 25.0 Å². The van der Waals surface area contributed by atoms with E-state index in [9.17, 15) is 14.0 Å². The molecule has 2 aliphatic rings. The number of hydrogen-bond acceptors (Lipinski definition) is 3. The Hall–Kier alpha value is -2.44. The number of benzene rings is 2. The van der Waals surface area contributed by atoms with Crippen LogP contribution in [0.15, 0.2) is 42.5 Å². The molecule has 2 N–H and O–H groups in total. The van der Waals surface area contributed by atoms with Gasteiger partial charge in [-0.25, -0.2) is 4.39 Å². The number of fused-ring (bicyclic) bond motifs is 1. The Bertz CT molecular complexity index is 907. The molecule has 5 nitrogen and oxygen atoms in total. The highest BCUT2D eigenvalue weighted by Crippen LogP contribution is 2.26. The molecule has 2 aromatic carbocycles. The van der Waals surface area contributed by atoms with E-state index in [0.717, 1.165) is 24.1 Å². The number of nitrogens with one attached hydrogen (secondary N) is 2. The number of carbonyl (C=O) groups excluding carboxylic acids is 2. The lowest BCUT2D eigenvalue weighted by Crippen LogP contribution is -2.44. The van der Waals surface area contributed by atoms with Crippen LogP contribution >= 0.6 is 12.4 Å². The van der Waals surface area contributed by atoms with Crippen molar-refractivity contribution in [3.8, 4) is 0 Å². The van der Waals surface area contributed by atoms with Crippen molar-refractivity contribution in [1.29, 1.82) is 0 Å². The van der Waals surface area contributed by atoms with Crippen molar-refractivity contribution >= 4 is 29.9 Å². The fourth-order valence-electron chi connectivity index (χ4n) is 4.16. The largest absolute Gasteiger partial charge is 0.342 e. The van der Waals surface area contributed by atoms with Gasteiger partial charge in [0.1, 0.15) is 5.82 Å². The fraction of sp³-hybridized carbons (Fsp3) is 0.391. The minimum absolute atomic E-state index is 0. The molecule has 0 aromatic heterocycles. The summed E-state index contributed by atoms with van der Waals surface area (Å²) in [6.45, 7) is 2.44. The van der Waals surface area contributed by atoms with E-state index in [1.165, 1.54) is 0 Å². The fourth-order valence-corrected chi connectivity index (χ4v) is 4.16. The lowest BCUT2D eigenvalue weighted by atomic mass is 9.95. The molecule has 0 aliphatic carbocycles. The predicted octanol–water partition coefficient (Wildman–Crippen LogP) is 3.31. The van der Waals surface area contributed by atoms with E-state index < -0.39 is 0 Å². The molecule has 30 heavy (non-hydrogen) atoms. The summed E-state index contributed by atoms with van der Waals surface area (Å²) in [4.78, 5) is 27.2. The zero-order chi connectivity index (χ0) is 20.2. The predicted molar refractivity (Wildman–Crippen MR) is 117 cm³/mol. The average molecular weight is 432 g/mol. The van der Waals surface area contributed by atoms with Gasteiger partial charge in [-0.15, -0.1) is 12.4 Å². The van der Waals surface area contributed by atoms with Crippen LogP contribution in [-0.4, -0.2) is 36.3 Å². The number of hydrogen-bond donors (Lipinski definition) is 2. The lowest BCUT2D eigenvalue weighted by Gasteiger charge is -2.32. The summed E-state index contributed by atoms with van der Waals surface area (Å²) in [6, 6.07) is 13.1. The standard InChI is InChI=1S/C23H26FN3O2.ClH/c24-22-19-10-11-25-14-17(19)8-9-20(22)26-23(29)18-7-4-12-27(15-18)21(28)13-16-5-2-1-3-6-16;/h1-3,5-6,8-9,18,25H,4,7,10-15H2,(H,26,29);1H. The van der Waals surface area contributed by atoms with Crippen molar-refractivity contribution in [3.05, 3.63) is 65.0 Å². The smallest absolute Gasteiger partial charge is 0.229 e. The van der Waals surface area contributed by atoms with Crippen molar-refractivity contribution in [2.45, 2.75) is 32.2 Å². The number of halogens is 2. The molecule has 2 amide bonds. The number of nitrogens with zero attached hydrogens (tertiary/aromatic N) is 1. The molecule has 4 rings (SSSR count). The second-order valence-electron chi connectivity index (χ2n) is 7.82. The van der Waals surface area contributed by atoms with Gasteiger partial charge in [0.25, 0.3) is 0 Å². The number of piperidine rings is 1. The Kier molecular flexibility index (Phi) is 7.45. The van der Waals surface area contributed by atoms with E-state index >= 15 is 0 Å². The van der Waals surface area contributed by atoms with Gasteiger partial charge in [-0.2, -0.15) is 0 Å². The second-order valence-corrected chi connectivity index (χ2v) is 7.82. The van der Waals surface area contributed by atoms with Gasteiger partial charge in [0, 0.05) is 19.6 Å². The van der Waals surface area contributed by atoms with Crippen LogP contribution in [-0.2, 0) is 29.0 Å². The van der Waals surface area contributed by atoms with Crippen LogP contribution in [0.5, 0.6) is 0 Å². The molecule has 0 saturated carbocycles. The average Bonchev–Trinajstić information content (AvgIpc) is 2.76. The minimum atomic E-state index is -0.329. The Morgan fingerprint density at radius 3 is 2.77 bits per heavy atom. The first-order chi connectivity index (χ1) is 14.1. The SMILES string of the molecule is Cl.O=C(Nc1ccc2c(c1F)CCNC2)C1CCCN(C(=O)Cc2ccccc2)C1. The molecular formula is C23H27ClFN3O2. The quantitative estimate of drug-likeness (QED) is 0.780. The van der Waals surface area contributed by atoms with Gasteiger partial charge in [0.05, 0.1) is 18.0 Å². The number of amides is 2. The van der Waals surface area contributed by atoms with Crippen LogP contribution in [0.1, 0.15) is 29.5 Å². The Balaban J connectivity index is 0.00000256. The molecule has 1 fully saturated rings. The summed E-state index contributed by atoms with van der Waals surface area (Å²) in [5.41, 5.74) is 2.84. The molecule has 1 atom stereocenters. The maximum atomic E-state index is 14.8. The molecule has 0 bridgehead atoms. The second kappa shape index (κ2) is 10.0. The first-order valence-electron chi connectivity index (χ1n) is 10.3. The van der Waals surface area contributed by atoms with E-state index in [2.05, 4.69) is 10.6 Å². The maximum absolute atomic E-state index is 14.8. The van der Waals surface area contributed by atoms with E-state index in [0.29, 0.717) is 44.5 Å². The minimum Gasteiger partial charge on any atom is -0.342 e. The van der Waals surface area contributed by atoms with Crippen LogP contribution in [0.25, 0.3) is 0 Å². The van der Waals surface area contributed by atoms with E-state index in [4.69, 9.17) is 0 Å². The van der Waals surface area contributed by atoms with Gasteiger partial charge in [-0.3, -0.25) is 9.59 Å². The van der Waals surface area contributed by atoms with Crippen LogP contribution in [0.2, 0.25) is 0 Å². The van der Waals surface area contributed by atoms with Crippen molar-refractivity contribution < 1.29 is 14.0 Å². The van der Waals surface area contributed by atoms with Crippen LogP contribution < -0.4 is 10.6 Å². The molecule has 2 aromatic rings. The molecule has 2 aliphatic heterocycles. The molecular weight excluding hydrogens is 405 g/mol. The third-order valence-corrected chi connectivity index (χ3v) is 5.81. The van der Waals surface area contributed by atoms with Crippen molar-refractivity contribution in [3.63, 3.8) is 0 Å². The number of carbonyl (C=O) groups is 2. The molecule has 0 radical (unpaired) electrons. The molecule has 0 spiro atoms. The van der Waals surface area contributed by atoms with Crippen LogP contribution in [0, 0.1) is 11.7 Å². The third-order valence-electron chi connectivity index (χ3n) is 5.81. The van der Waals surface area contributed by atoms with Crippen LogP contribution in [0.3, 0.4) is 0 Å². The first-order valence-corrected chi connectivity index (χ1v) is 10.3. The summed E-state index contributed by atoms with van der Waals surface area (Å²) in [6.07, 6.45) is 2.44. The van der Waals surface area contributed by atoms with Gasteiger partial charge in [-0.05, 0) is 48.6 Å². The van der Waals surface area contributed by atoms with E-state index in [1.807, 2.05) is 36.4 Å². The first kappa shape index (κ1) is 22.2. The normalized spacial score (nSPS) is 18.2. The summed E-state index contributed by atoms with van der Waals surface area (Å²) >= 11 is 0. The zero-order valence-electron chi connectivity index (χ0n) is 16.8. The van der Waals surface area contributed by atoms with E-state index in [1.54, 1.807) is 11.0 Å². The molecule has 2 heterocycles. The van der Waals surface area contributed by atoms with Crippen molar-refractivity contribution in [2.24, 2.45) is 5.92 Å². The molecule has 160 valence electrons. The van der Waals surface area contributed by atoms with Gasteiger partial charge in [0.2, 0.25) is 11.8 Å². The summed E-state index contributed by atoms with van der Waals surface area (Å²) in [7, 11) is 0. The van der Waals surface area contributed by atoms with Crippen molar-refractivity contribution in [1.82, 2.24) is 10.2 Å². The Morgan fingerprint density at radius 1 is 1.17 bits per heavy atom. The molecule has 1 saturated heterocycles. The third kappa shape index (κ3) is 4.99. The Labute approximate surface area is 182 Å². The number of likely N-dealkylation sites (tertiary alicyclic amines) is 1. The number of anilines is 1.